The number of rotatable bonds is 1. The molecule has 5 atom stereocenters. The van der Waals surface area contributed by atoms with Gasteiger partial charge in [-0.2, -0.15) is 0 Å². The Morgan fingerprint density at radius 2 is 2.27 bits per heavy atom. The summed E-state index contributed by atoms with van der Waals surface area (Å²) in [5.74, 6) is 0.811. The van der Waals surface area contributed by atoms with Crippen LogP contribution >= 0.6 is 0 Å². The summed E-state index contributed by atoms with van der Waals surface area (Å²) in [4.78, 5) is 0. The van der Waals surface area contributed by atoms with Crippen molar-refractivity contribution in [3.8, 4) is 0 Å². The van der Waals surface area contributed by atoms with Gasteiger partial charge >= 0.3 is 0 Å². The van der Waals surface area contributed by atoms with Gasteiger partial charge in [0.1, 0.15) is 23.4 Å². The average Bonchev–Trinajstić information content (AvgIpc) is 2.80. The van der Waals surface area contributed by atoms with Crippen LogP contribution in [0.4, 0.5) is 0 Å². The van der Waals surface area contributed by atoms with E-state index in [4.69, 9.17) is 9.47 Å². The van der Waals surface area contributed by atoms with Crippen molar-refractivity contribution in [3.05, 3.63) is 0 Å². The molecule has 2 heterocycles. The SMILES string of the molecule is CCC1CC23CC14OC4C2O3. The molecule has 0 radical (unpaired) electrons. The molecule has 2 saturated carbocycles. The van der Waals surface area contributed by atoms with Crippen LogP contribution < -0.4 is 0 Å². The first kappa shape index (κ1) is 5.55. The summed E-state index contributed by atoms with van der Waals surface area (Å²) in [7, 11) is 0. The molecule has 0 N–H and O–H groups in total. The summed E-state index contributed by atoms with van der Waals surface area (Å²) < 4.78 is 11.4. The molecule has 5 unspecified atom stereocenters. The van der Waals surface area contributed by atoms with Gasteiger partial charge in [-0.05, 0) is 12.3 Å². The van der Waals surface area contributed by atoms with E-state index < -0.39 is 0 Å². The maximum atomic E-state index is 5.76. The molecule has 2 heteroatoms. The standard InChI is InChI=1S/C9H12O2/c1-2-5-3-8-4-9(5)7(11-9)6(8)10-8/h5-7H,2-4H2,1H3. The van der Waals surface area contributed by atoms with Crippen LogP contribution in [0.2, 0.25) is 0 Å². The molecule has 4 fully saturated rings. The van der Waals surface area contributed by atoms with Crippen molar-refractivity contribution in [1.29, 1.82) is 0 Å². The largest absolute Gasteiger partial charge is 0.363 e. The minimum atomic E-state index is 0.331. The first-order valence-electron chi connectivity index (χ1n) is 4.66. The third-order valence-corrected chi connectivity index (χ3v) is 4.22. The Morgan fingerprint density at radius 1 is 1.36 bits per heavy atom. The summed E-state index contributed by atoms with van der Waals surface area (Å²) in [6.45, 7) is 2.27. The van der Waals surface area contributed by atoms with Crippen molar-refractivity contribution in [3.63, 3.8) is 0 Å². The van der Waals surface area contributed by atoms with Gasteiger partial charge in [-0.1, -0.05) is 13.3 Å². The quantitative estimate of drug-likeness (QED) is 0.525. The van der Waals surface area contributed by atoms with Gasteiger partial charge in [0, 0.05) is 6.42 Å². The summed E-state index contributed by atoms with van der Waals surface area (Å²) in [6.07, 6.45) is 4.80. The average molecular weight is 152 g/mol. The van der Waals surface area contributed by atoms with Crippen molar-refractivity contribution in [2.45, 2.75) is 49.6 Å². The Bertz CT molecular complexity index is 252. The van der Waals surface area contributed by atoms with E-state index in [1.165, 1.54) is 19.3 Å². The predicted molar refractivity (Wildman–Crippen MR) is 38.2 cm³/mol. The summed E-state index contributed by atoms with van der Waals surface area (Å²) in [6, 6.07) is 0. The van der Waals surface area contributed by atoms with Gasteiger partial charge in [0.2, 0.25) is 0 Å². The van der Waals surface area contributed by atoms with Gasteiger partial charge < -0.3 is 9.47 Å². The first-order valence-corrected chi connectivity index (χ1v) is 4.66. The van der Waals surface area contributed by atoms with E-state index >= 15 is 0 Å². The summed E-state index contributed by atoms with van der Waals surface area (Å²) in [5, 5.41) is 0. The maximum absolute atomic E-state index is 5.76. The molecule has 4 rings (SSSR count). The molecule has 0 aromatic carbocycles. The molecular formula is C9H12O2. The van der Waals surface area contributed by atoms with E-state index in [2.05, 4.69) is 6.92 Å². The normalized spacial score (nSPS) is 74.5. The monoisotopic (exact) mass is 152 g/mol. The Balaban J connectivity index is 1.83. The molecule has 0 amide bonds. The van der Waals surface area contributed by atoms with Gasteiger partial charge in [-0.15, -0.1) is 0 Å². The zero-order chi connectivity index (χ0) is 7.27. The molecule has 2 spiro atoms. The lowest BCUT2D eigenvalue weighted by molar-refractivity contribution is 0.234. The second kappa shape index (κ2) is 1.17. The lowest BCUT2D eigenvalue weighted by Crippen LogP contribution is -2.22. The van der Waals surface area contributed by atoms with E-state index in [1.54, 1.807) is 0 Å². The lowest BCUT2D eigenvalue weighted by Gasteiger charge is -2.12. The van der Waals surface area contributed by atoms with Gasteiger partial charge in [0.25, 0.3) is 0 Å². The maximum Gasteiger partial charge on any atom is 0.117 e. The molecule has 60 valence electrons. The van der Waals surface area contributed by atoms with Crippen molar-refractivity contribution in [2.75, 3.05) is 0 Å². The van der Waals surface area contributed by atoms with Gasteiger partial charge in [0.15, 0.2) is 0 Å². The van der Waals surface area contributed by atoms with Crippen LogP contribution in [-0.2, 0) is 9.47 Å². The number of hydrogen-bond donors (Lipinski definition) is 0. The molecule has 0 aromatic rings. The molecule has 2 nitrogen and oxygen atoms in total. The van der Waals surface area contributed by atoms with Crippen LogP contribution in [0.25, 0.3) is 0 Å². The van der Waals surface area contributed by atoms with Crippen LogP contribution in [0.1, 0.15) is 26.2 Å². The Morgan fingerprint density at radius 3 is 2.91 bits per heavy atom. The number of ether oxygens (including phenoxy) is 2. The first-order chi connectivity index (χ1) is 5.31. The summed E-state index contributed by atoms with van der Waals surface area (Å²) >= 11 is 0. The highest BCUT2D eigenvalue weighted by Gasteiger charge is 2.88. The smallest absolute Gasteiger partial charge is 0.117 e. The minimum absolute atomic E-state index is 0.331. The third-order valence-electron chi connectivity index (χ3n) is 4.22. The van der Waals surface area contributed by atoms with Crippen molar-refractivity contribution >= 4 is 0 Å². The van der Waals surface area contributed by atoms with Crippen LogP contribution in [0.15, 0.2) is 0 Å². The minimum Gasteiger partial charge on any atom is -0.363 e. The molecule has 2 saturated heterocycles. The molecule has 2 aliphatic heterocycles. The van der Waals surface area contributed by atoms with E-state index in [9.17, 15) is 0 Å². The Hall–Kier alpha value is -0.0800. The van der Waals surface area contributed by atoms with E-state index in [0.29, 0.717) is 23.4 Å². The third kappa shape index (κ3) is 0.372. The Labute approximate surface area is 65.9 Å². The number of hydrogen-bond acceptors (Lipinski definition) is 2. The van der Waals surface area contributed by atoms with Crippen molar-refractivity contribution in [2.24, 2.45) is 5.92 Å². The molecule has 2 bridgehead atoms. The highest BCUT2D eigenvalue weighted by Crippen LogP contribution is 2.76. The zero-order valence-corrected chi connectivity index (χ0v) is 6.67. The van der Waals surface area contributed by atoms with E-state index in [-0.39, 0.29) is 0 Å². The van der Waals surface area contributed by atoms with E-state index in [1.807, 2.05) is 0 Å². The van der Waals surface area contributed by atoms with Crippen LogP contribution in [0.3, 0.4) is 0 Å². The van der Waals surface area contributed by atoms with Gasteiger partial charge in [-0.25, -0.2) is 0 Å². The topological polar surface area (TPSA) is 25.1 Å². The molecule has 11 heavy (non-hydrogen) atoms. The van der Waals surface area contributed by atoms with Crippen molar-refractivity contribution < 1.29 is 9.47 Å². The Kier molecular flexibility index (Phi) is 0.592. The molecular weight excluding hydrogens is 140 g/mol. The van der Waals surface area contributed by atoms with Gasteiger partial charge in [0.05, 0.1) is 0 Å². The fourth-order valence-corrected chi connectivity index (χ4v) is 3.62. The lowest BCUT2D eigenvalue weighted by atomic mass is 9.87. The number of epoxide rings is 2. The van der Waals surface area contributed by atoms with Crippen molar-refractivity contribution in [1.82, 2.24) is 0 Å². The van der Waals surface area contributed by atoms with Crippen LogP contribution in [0, 0.1) is 5.92 Å². The van der Waals surface area contributed by atoms with Gasteiger partial charge in [-0.3, -0.25) is 0 Å². The highest BCUT2D eigenvalue weighted by molar-refractivity contribution is 5.36. The predicted octanol–water partition coefficient (Wildman–Crippen LogP) is 1.10. The zero-order valence-electron chi connectivity index (χ0n) is 6.67. The van der Waals surface area contributed by atoms with Crippen LogP contribution in [0.5, 0.6) is 0 Å². The fraction of sp³-hybridized carbons (Fsp3) is 1.00. The van der Waals surface area contributed by atoms with E-state index in [0.717, 1.165) is 5.92 Å². The molecule has 2 aliphatic carbocycles. The fourth-order valence-electron chi connectivity index (χ4n) is 3.62. The van der Waals surface area contributed by atoms with Crippen LogP contribution in [-0.4, -0.2) is 23.4 Å². The number of fused-ring (bicyclic) bond motifs is 1. The second-order valence-electron chi connectivity index (χ2n) is 4.58. The second-order valence-corrected chi connectivity index (χ2v) is 4.58. The molecule has 4 aliphatic rings. The highest BCUT2D eigenvalue weighted by atomic mass is 16.7. The molecule has 0 aromatic heterocycles. The summed E-state index contributed by atoms with van der Waals surface area (Å²) in [5.41, 5.74) is 0.668.